The van der Waals surface area contributed by atoms with Gasteiger partial charge in [-0.2, -0.15) is 0 Å². The Bertz CT molecular complexity index is 697. The van der Waals surface area contributed by atoms with E-state index in [9.17, 15) is 4.79 Å². The minimum absolute atomic E-state index is 0.104. The Morgan fingerprint density at radius 1 is 1.40 bits per heavy atom. The summed E-state index contributed by atoms with van der Waals surface area (Å²) in [6.45, 7) is 4.05. The molecule has 104 valence electrons. The van der Waals surface area contributed by atoms with Crippen molar-refractivity contribution in [3.63, 3.8) is 0 Å². The highest BCUT2D eigenvalue weighted by molar-refractivity contribution is 8.13. The second-order valence-corrected chi connectivity index (χ2v) is 5.76. The van der Waals surface area contributed by atoms with E-state index in [0.717, 1.165) is 22.7 Å². The second kappa shape index (κ2) is 5.28. The summed E-state index contributed by atoms with van der Waals surface area (Å²) in [7, 11) is 0. The maximum atomic E-state index is 12.4. The molecule has 20 heavy (non-hydrogen) atoms. The summed E-state index contributed by atoms with van der Waals surface area (Å²) >= 11 is 1.56. The van der Waals surface area contributed by atoms with Gasteiger partial charge in [0.1, 0.15) is 11.9 Å². The zero-order valence-electron chi connectivity index (χ0n) is 11.5. The molecule has 0 spiro atoms. The van der Waals surface area contributed by atoms with Gasteiger partial charge < -0.3 is 0 Å². The molecule has 0 saturated heterocycles. The van der Waals surface area contributed by atoms with E-state index in [2.05, 4.69) is 22.3 Å². The Balaban J connectivity index is 2.11. The lowest BCUT2D eigenvalue weighted by atomic mass is 10.2. The molecule has 2 heterocycles. The van der Waals surface area contributed by atoms with E-state index in [0.29, 0.717) is 10.9 Å². The van der Waals surface area contributed by atoms with E-state index in [-0.39, 0.29) is 12.1 Å². The molecule has 0 fully saturated rings. The summed E-state index contributed by atoms with van der Waals surface area (Å²) in [6, 6.07) is 7.67. The topological polar surface area (TPSA) is 57.1 Å². The molecule has 0 saturated carbocycles. The normalized spacial score (nSPS) is 20.6. The highest BCUT2D eigenvalue weighted by Gasteiger charge is 2.31. The first kappa shape index (κ1) is 13.2. The Morgan fingerprint density at radius 2 is 2.20 bits per heavy atom. The van der Waals surface area contributed by atoms with Crippen LogP contribution in [0.4, 0.5) is 0 Å². The van der Waals surface area contributed by atoms with Gasteiger partial charge in [-0.25, -0.2) is 5.01 Å². The van der Waals surface area contributed by atoms with Crippen LogP contribution in [-0.2, 0) is 4.79 Å². The number of hydrogen-bond donors (Lipinski definition) is 1. The standard InChI is InChI=1S/C14H16N4OS/c1-3-8-20-14-16-13(19)12-10-6-4-5-7-11(10)15-9(2)18(12)17-14/h4-7,9H,3,8H2,1-2H3,(H,16,17,19)/t9-/m0/s1. The monoisotopic (exact) mass is 288 g/mol. The van der Waals surface area contributed by atoms with Crippen molar-refractivity contribution in [2.75, 3.05) is 5.75 Å². The summed E-state index contributed by atoms with van der Waals surface area (Å²) in [5, 5.41) is 11.5. The highest BCUT2D eigenvalue weighted by Crippen LogP contribution is 2.20. The molecule has 2 aliphatic heterocycles. The fraction of sp³-hybridized carbons (Fsp3) is 0.357. The van der Waals surface area contributed by atoms with Crippen molar-refractivity contribution in [1.82, 2.24) is 10.3 Å². The second-order valence-electron chi connectivity index (χ2n) is 4.68. The number of carbonyl (C=O) groups excluding carboxylic acids is 1. The number of thioether (sulfide) groups is 1. The van der Waals surface area contributed by atoms with E-state index in [1.54, 1.807) is 16.8 Å². The quantitative estimate of drug-likeness (QED) is 0.868. The Kier molecular flexibility index (Phi) is 3.48. The van der Waals surface area contributed by atoms with Crippen LogP contribution in [0.25, 0.3) is 5.70 Å². The fourth-order valence-electron chi connectivity index (χ4n) is 2.26. The summed E-state index contributed by atoms with van der Waals surface area (Å²) < 4.78 is 0. The number of hydrazone groups is 1. The van der Waals surface area contributed by atoms with Crippen LogP contribution in [0.3, 0.4) is 0 Å². The van der Waals surface area contributed by atoms with Crippen LogP contribution < -0.4 is 15.9 Å². The molecule has 6 heteroatoms. The van der Waals surface area contributed by atoms with Gasteiger partial charge in [-0.3, -0.25) is 15.1 Å². The lowest BCUT2D eigenvalue weighted by Crippen LogP contribution is -2.51. The molecular formula is C14H16N4OS. The Morgan fingerprint density at radius 3 is 3.00 bits per heavy atom. The molecule has 1 amide bonds. The number of nitrogens with zero attached hydrogens (tertiary/aromatic N) is 3. The molecule has 1 atom stereocenters. The number of hydrogen-bond acceptors (Lipinski definition) is 5. The van der Waals surface area contributed by atoms with Crippen LogP contribution in [0.5, 0.6) is 0 Å². The van der Waals surface area contributed by atoms with Gasteiger partial charge in [-0.15, -0.1) is 5.10 Å². The first-order valence-corrected chi connectivity index (χ1v) is 7.68. The average molecular weight is 288 g/mol. The third kappa shape index (κ3) is 2.20. The third-order valence-electron chi connectivity index (χ3n) is 3.15. The molecular weight excluding hydrogens is 272 g/mol. The largest absolute Gasteiger partial charge is 0.298 e. The number of para-hydroxylation sites is 1. The van der Waals surface area contributed by atoms with Crippen molar-refractivity contribution in [1.29, 1.82) is 0 Å². The van der Waals surface area contributed by atoms with Crippen molar-refractivity contribution < 1.29 is 4.79 Å². The lowest BCUT2D eigenvalue weighted by molar-refractivity contribution is -0.116. The van der Waals surface area contributed by atoms with Crippen LogP contribution in [0.15, 0.2) is 34.4 Å². The molecule has 0 radical (unpaired) electrons. The van der Waals surface area contributed by atoms with Crippen molar-refractivity contribution in [2.45, 2.75) is 26.4 Å². The fourth-order valence-corrected chi connectivity index (χ4v) is 2.96. The van der Waals surface area contributed by atoms with Gasteiger partial charge in [-0.1, -0.05) is 36.9 Å². The van der Waals surface area contributed by atoms with Gasteiger partial charge in [0.2, 0.25) is 0 Å². The number of rotatable bonds is 2. The van der Waals surface area contributed by atoms with Gasteiger partial charge in [0.05, 0.1) is 5.36 Å². The van der Waals surface area contributed by atoms with Crippen molar-refractivity contribution in [3.8, 4) is 0 Å². The maximum Gasteiger partial charge on any atom is 0.276 e. The molecule has 1 aromatic carbocycles. The van der Waals surface area contributed by atoms with Crippen LogP contribution >= 0.6 is 11.8 Å². The van der Waals surface area contributed by atoms with Gasteiger partial charge in [-0.05, 0) is 19.4 Å². The first-order valence-electron chi connectivity index (χ1n) is 6.70. The maximum absolute atomic E-state index is 12.4. The van der Waals surface area contributed by atoms with Gasteiger partial charge in [0.25, 0.3) is 5.91 Å². The molecule has 1 aromatic rings. The summed E-state index contributed by atoms with van der Waals surface area (Å²) in [4.78, 5) is 17.0. The number of amides is 1. The van der Waals surface area contributed by atoms with Gasteiger partial charge in [0, 0.05) is 11.0 Å². The number of amidine groups is 1. The molecule has 0 aromatic heterocycles. The Hall–Kier alpha value is -1.82. The molecule has 5 nitrogen and oxygen atoms in total. The predicted octanol–water partition coefficient (Wildman–Crippen LogP) is 0.620. The number of benzene rings is 1. The van der Waals surface area contributed by atoms with Crippen LogP contribution in [-0.4, -0.2) is 28.0 Å². The van der Waals surface area contributed by atoms with Gasteiger partial charge >= 0.3 is 0 Å². The van der Waals surface area contributed by atoms with E-state index in [1.807, 2.05) is 31.2 Å². The number of fused-ring (bicyclic) bond motifs is 2. The predicted molar refractivity (Wildman–Crippen MR) is 80.3 cm³/mol. The number of carbonyl (C=O) groups is 1. The smallest absolute Gasteiger partial charge is 0.276 e. The zero-order chi connectivity index (χ0) is 14.1. The van der Waals surface area contributed by atoms with Crippen LogP contribution in [0.1, 0.15) is 20.3 Å². The third-order valence-corrected chi connectivity index (χ3v) is 4.21. The van der Waals surface area contributed by atoms with Crippen LogP contribution in [0, 0.1) is 0 Å². The molecule has 0 unspecified atom stereocenters. The van der Waals surface area contributed by atoms with Crippen molar-refractivity contribution in [3.05, 3.63) is 34.8 Å². The molecule has 1 N–H and O–H groups in total. The zero-order valence-corrected chi connectivity index (χ0v) is 12.3. The molecule has 0 bridgehead atoms. The van der Waals surface area contributed by atoms with E-state index in [1.165, 1.54) is 0 Å². The summed E-state index contributed by atoms with van der Waals surface area (Å²) in [5.74, 6) is 0.831. The number of nitrogens with one attached hydrogen (secondary N) is 1. The summed E-state index contributed by atoms with van der Waals surface area (Å²) in [5.41, 5.74) is 0.587. The van der Waals surface area contributed by atoms with Crippen molar-refractivity contribution >= 4 is 28.5 Å². The minimum atomic E-state index is -0.164. The van der Waals surface area contributed by atoms with Crippen molar-refractivity contribution in [2.24, 2.45) is 10.1 Å². The first-order chi connectivity index (χ1) is 9.70. The van der Waals surface area contributed by atoms with E-state index in [4.69, 9.17) is 0 Å². The molecule has 0 aliphatic carbocycles. The van der Waals surface area contributed by atoms with Gasteiger partial charge in [0.15, 0.2) is 5.17 Å². The SMILES string of the molecule is CCCSC1=NN2C(=c3ccccc3=N[C@@H]2C)C(=O)N1. The van der Waals surface area contributed by atoms with E-state index < -0.39 is 0 Å². The van der Waals surface area contributed by atoms with E-state index >= 15 is 0 Å². The molecule has 3 rings (SSSR count). The Labute approximate surface area is 121 Å². The van der Waals surface area contributed by atoms with Crippen LogP contribution in [0.2, 0.25) is 0 Å². The average Bonchev–Trinajstić information content (AvgIpc) is 2.45. The molecule has 2 aliphatic rings. The summed E-state index contributed by atoms with van der Waals surface area (Å²) in [6.07, 6.45) is 0.877. The highest BCUT2D eigenvalue weighted by atomic mass is 32.2. The lowest BCUT2D eigenvalue weighted by Gasteiger charge is -2.32. The minimum Gasteiger partial charge on any atom is -0.298 e.